The molecule has 0 spiro atoms. The van der Waals surface area contributed by atoms with Gasteiger partial charge in [-0.15, -0.1) is 11.8 Å². The Morgan fingerprint density at radius 2 is 2.24 bits per heavy atom. The van der Waals surface area contributed by atoms with Gasteiger partial charge in [0.2, 0.25) is 5.95 Å². The number of thioether (sulfide) groups is 1. The fourth-order valence-electron chi connectivity index (χ4n) is 3.72. The van der Waals surface area contributed by atoms with Gasteiger partial charge in [0.05, 0.1) is 30.4 Å². The van der Waals surface area contributed by atoms with E-state index >= 15 is 0 Å². The number of nitrogens with one attached hydrogen (secondary N) is 2. The second-order valence-electron chi connectivity index (χ2n) is 7.91. The molecule has 4 rings (SSSR count). The summed E-state index contributed by atoms with van der Waals surface area (Å²) < 4.78 is 6.15. The number of hydrogen-bond donors (Lipinski definition) is 2. The van der Waals surface area contributed by atoms with Crippen LogP contribution >= 0.6 is 23.4 Å². The van der Waals surface area contributed by atoms with E-state index in [1.807, 2.05) is 35.7 Å². The van der Waals surface area contributed by atoms with Crippen molar-refractivity contribution in [2.24, 2.45) is 9.98 Å². The van der Waals surface area contributed by atoms with Gasteiger partial charge in [-0.25, -0.2) is 9.97 Å². The van der Waals surface area contributed by atoms with Gasteiger partial charge in [-0.05, 0) is 43.8 Å². The molecule has 1 fully saturated rings. The molecule has 0 bridgehead atoms. The maximum atomic E-state index is 6.15. The highest BCUT2D eigenvalue weighted by Gasteiger charge is 2.35. The van der Waals surface area contributed by atoms with E-state index in [1.54, 1.807) is 18.0 Å². The summed E-state index contributed by atoms with van der Waals surface area (Å²) in [6.07, 6.45) is 2.83. The molecule has 0 saturated carbocycles. The SMILES string of the molecule is C=N/C(=C\SCNC1=NCCCN1)c1ccnc(N2CCOC(C)(c3ccc(Cl)cc3)C2)n1. The Balaban J connectivity index is 1.44. The molecule has 3 heterocycles. The van der Waals surface area contributed by atoms with Gasteiger partial charge in [0.1, 0.15) is 5.60 Å². The number of halogens is 1. The maximum absolute atomic E-state index is 6.15. The van der Waals surface area contributed by atoms with Gasteiger partial charge >= 0.3 is 0 Å². The first-order valence-corrected chi connectivity index (χ1v) is 12.3. The van der Waals surface area contributed by atoms with Crippen molar-refractivity contribution in [2.75, 3.05) is 43.6 Å². The van der Waals surface area contributed by atoms with E-state index in [0.29, 0.717) is 42.2 Å². The average Bonchev–Trinajstić information content (AvgIpc) is 2.85. The molecule has 174 valence electrons. The summed E-state index contributed by atoms with van der Waals surface area (Å²) in [5.41, 5.74) is 2.03. The largest absolute Gasteiger partial charge is 0.367 e. The monoisotopic (exact) mass is 485 g/mol. The molecule has 1 unspecified atom stereocenters. The minimum atomic E-state index is -0.477. The van der Waals surface area contributed by atoms with Crippen molar-refractivity contribution in [3.8, 4) is 0 Å². The van der Waals surface area contributed by atoms with Gasteiger partial charge < -0.3 is 20.3 Å². The number of aromatic nitrogens is 2. The van der Waals surface area contributed by atoms with Crippen molar-refractivity contribution >= 4 is 47.7 Å². The van der Waals surface area contributed by atoms with Crippen LogP contribution in [0, 0.1) is 0 Å². The normalized spacial score (nSPS) is 21.2. The van der Waals surface area contributed by atoms with Crippen molar-refractivity contribution < 1.29 is 4.74 Å². The first-order valence-electron chi connectivity index (χ1n) is 10.9. The van der Waals surface area contributed by atoms with Crippen LogP contribution in [0.1, 0.15) is 24.6 Å². The fraction of sp³-hybridized carbons (Fsp3) is 0.391. The van der Waals surface area contributed by atoms with E-state index in [9.17, 15) is 0 Å². The number of aliphatic imine (C=N–C) groups is 2. The summed E-state index contributed by atoms with van der Waals surface area (Å²) in [5.74, 6) is 2.16. The highest BCUT2D eigenvalue weighted by molar-refractivity contribution is 8.02. The Morgan fingerprint density at radius 1 is 1.39 bits per heavy atom. The molecule has 2 N–H and O–H groups in total. The molecular weight excluding hydrogens is 458 g/mol. The minimum Gasteiger partial charge on any atom is -0.367 e. The van der Waals surface area contributed by atoms with Crippen LogP contribution in [0.15, 0.2) is 51.9 Å². The van der Waals surface area contributed by atoms with Gasteiger partial charge in [0.15, 0.2) is 5.96 Å². The number of hydrogen-bond acceptors (Lipinski definition) is 9. The van der Waals surface area contributed by atoms with Crippen LogP contribution in [0.3, 0.4) is 0 Å². The summed E-state index contributed by atoms with van der Waals surface area (Å²) in [6.45, 7) is 9.54. The van der Waals surface area contributed by atoms with E-state index < -0.39 is 5.60 Å². The van der Waals surface area contributed by atoms with Crippen molar-refractivity contribution in [2.45, 2.75) is 18.9 Å². The van der Waals surface area contributed by atoms with Crippen LogP contribution < -0.4 is 15.5 Å². The average molecular weight is 486 g/mol. The predicted octanol–water partition coefficient (Wildman–Crippen LogP) is 3.51. The third kappa shape index (κ3) is 6.04. The van der Waals surface area contributed by atoms with Crippen molar-refractivity contribution in [1.29, 1.82) is 0 Å². The van der Waals surface area contributed by atoms with E-state index in [0.717, 1.165) is 36.7 Å². The molecule has 2 aliphatic rings. The van der Waals surface area contributed by atoms with Crippen molar-refractivity contribution in [3.05, 3.63) is 58.2 Å². The molecule has 1 aromatic heterocycles. The maximum Gasteiger partial charge on any atom is 0.226 e. The molecule has 1 atom stereocenters. The van der Waals surface area contributed by atoms with Crippen molar-refractivity contribution in [1.82, 2.24) is 20.6 Å². The number of nitrogens with zero attached hydrogens (tertiary/aromatic N) is 5. The molecule has 2 aliphatic heterocycles. The van der Waals surface area contributed by atoms with E-state index in [2.05, 4.69) is 44.1 Å². The first-order chi connectivity index (χ1) is 16.1. The van der Waals surface area contributed by atoms with Gasteiger partial charge in [-0.2, -0.15) is 0 Å². The molecule has 2 aromatic rings. The summed E-state index contributed by atoms with van der Waals surface area (Å²) in [5, 5.41) is 9.18. The topological polar surface area (TPSA) is 87.0 Å². The zero-order valence-corrected chi connectivity index (χ0v) is 20.2. The Hall–Kier alpha value is -2.62. The molecule has 0 aliphatic carbocycles. The van der Waals surface area contributed by atoms with Crippen molar-refractivity contribution in [3.63, 3.8) is 0 Å². The van der Waals surface area contributed by atoms with Crippen LogP contribution in [0.2, 0.25) is 5.02 Å². The van der Waals surface area contributed by atoms with Gasteiger partial charge in [0, 0.05) is 36.3 Å². The van der Waals surface area contributed by atoms with Crippen LogP contribution in [-0.4, -0.2) is 61.3 Å². The molecule has 1 aromatic carbocycles. The lowest BCUT2D eigenvalue weighted by atomic mass is 9.94. The fourth-order valence-corrected chi connectivity index (χ4v) is 4.50. The van der Waals surface area contributed by atoms with Gasteiger partial charge in [-0.1, -0.05) is 23.7 Å². The zero-order valence-electron chi connectivity index (χ0n) is 18.6. The summed E-state index contributed by atoms with van der Waals surface area (Å²) in [6, 6.07) is 9.63. The summed E-state index contributed by atoms with van der Waals surface area (Å²) in [4.78, 5) is 20.0. The third-order valence-electron chi connectivity index (χ3n) is 5.50. The summed E-state index contributed by atoms with van der Waals surface area (Å²) >= 11 is 7.64. The van der Waals surface area contributed by atoms with Gasteiger partial charge in [-0.3, -0.25) is 9.98 Å². The molecule has 10 heteroatoms. The number of anilines is 1. The molecule has 0 radical (unpaired) electrons. The molecule has 8 nitrogen and oxygen atoms in total. The standard InChI is InChI=1S/C23H28ClN7OS/c1-23(17-4-6-18(24)7-5-17)15-31(12-13-32-23)22-28-11-8-19(30-22)20(25-2)14-33-16-29-21-26-9-3-10-27-21/h4-8,11,14H,2-3,9-10,12-13,15-16H2,1H3,(H2,26,27,29)/b20-14-. The molecule has 33 heavy (non-hydrogen) atoms. The van der Waals surface area contributed by atoms with Crippen LogP contribution in [-0.2, 0) is 10.3 Å². The quantitative estimate of drug-likeness (QED) is 0.352. The number of rotatable bonds is 7. The third-order valence-corrected chi connectivity index (χ3v) is 6.46. The number of morpholine rings is 1. The smallest absolute Gasteiger partial charge is 0.226 e. The highest BCUT2D eigenvalue weighted by atomic mass is 35.5. The Bertz CT molecular complexity index is 1030. The highest BCUT2D eigenvalue weighted by Crippen LogP contribution is 2.32. The number of guanidine groups is 1. The number of benzene rings is 1. The van der Waals surface area contributed by atoms with E-state index in [1.165, 1.54) is 0 Å². The van der Waals surface area contributed by atoms with Crippen LogP contribution in [0.25, 0.3) is 5.70 Å². The Morgan fingerprint density at radius 3 is 3.00 bits per heavy atom. The predicted molar refractivity (Wildman–Crippen MR) is 137 cm³/mol. The lowest BCUT2D eigenvalue weighted by molar-refractivity contribution is -0.0470. The first kappa shape index (κ1) is 23.5. The Kier molecular flexibility index (Phi) is 7.85. The molecular formula is C23H28ClN7OS. The van der Waals surface area contributed by atoms with Gasteiger partial charge in [0.25, 0.3) is 0 Å². The van der Waals surface area contributed by atoms with Crippen LogP contribution in [0.4, 0.5) is 5.95 Å². The van der Waals surface area contributed by atoms with E-state index in [4.69, 9.17) is 21.3 Å². The summed E-state index contributed by atoms with van der Waals surface area (Å²) in [7, 11) is 0. The van der Waals surface area contributed by atoms with Crippen LogP contribution in [0.5, 0.6) is 0 Å². The number of ether oxygens (including phenoxy) is 1. The minimum absolute atomic E-state index is 0.477. The van der Waals surface area contributed by atoms with E-state index in [-0.39, 0.29) is 0 Å². The second-order valence-corrected chi connectivity index (χ2v) is 9.20. The molecule has 1 saturated heterocycles. The lowest BCUT2D eigenvalue weighted by Gasteiger charge is -2.41. The lowest BCUT2D eigenvalue weighted by Crippen LogP contribution is -2.49. The zero-order chi connectivity index (χ0) is 23.1. The molecule has 0 amide bonds. The Labute approximate surface area is 203 Å². The second kappa shape index (κ2) is 11.0.